The Morgan fingerprint density at radius 2 is 0.920 bits per heavy atom. The molecule has 6 aromatic carbocycles. The number of aromatic amines is 1. The van der Waals surface area contributed by atoms with E-state index in [4.69, 9.17) is 42.1 Å². The summed E-state index contributed by atoms with van der Waals surface area (Å²) >= 11 is 36.1. The molecule has 6 aliphatic rings. The molecule has 0 radical (unpaired) electrons. The number of aldehydes is 2. The van der Waals surface area contributed by atoms with Crippen molar-refractivity contribution in [3.8, 4) is 0 Å². The Bertz CT molecular complexity index is 4960. The van der Waals surface area contributed by atoms with Gasteiger partial charge in [0.2, 0.25) is 0 Å². The molecule has 137 heavy (non-hydrogen) atoms. The van der Waals surface area contributed by atoms with E-state index in [-0.39, 0.29) is 114 Å². The van der Waals surface area contributed by atoms with Crippen molar-refractivity contribution >= 4 is 372 Å². The van der Waals surface area contributed by atoms with E-state index >= 15 is 0 Å². The Kier molecular flexibility index (Phi) is 75.1. The molecule has 9 heterocycles. The predicted octanol–water partition coefficient (Wildman–Crippen LogP) is 32.7. The van der Waals surface area contributed by atoms with E-state index in [1.807, 2.05) is 121 Å². The average Bonchev–Trinajstić information content (AvgIpc) is 1.59. The molecule has 0 bridgehead atoms. The summed E-state index contributed by atoms with van der Waals surface area (Å²) in [4.78, 5) is 27.1. The first-order valence-corrected chi connectivity index (χ1v) is 66.8. The first-order chi connectivity index (χ1) is 62.4. The van der Waals surface area contributed by atoms with Crippen LogP contribution < -0.4 is 11.4 Å². The molecule has 3 N–H and O–H groups in total. The second kappa shape index (κ2) is 72.1. The van der Waals surface area contributed by atoms with Crippen molar-refractivity contribution in [2.24, 2.45) is 10.9 Å². The quantitative estimate of drug-likeness (QED) is 0.0174. The fourth-order valence-electron chi connectivity index (χ4n) is 11.2. The minimum absolute atomic E-state index is 0. The number of hydrogen-bond acceptors (Lipinski definition) is 17. The van der Waals surface area contributed by atoms with Gasteiger partial charge in [-0.25, -0.2) is 54.8 Å². The third-order valence-corrected chi connectivity index (χ3v) is 21.1. The molecule has 9 aromatic rings. The number of nitrogens with zero attached hydrogens (tertiary/aromatic N) is 6. The molecule has 5 fully saturated rings. The number of allylic oxidation sites excluding steroid dienone is 1. The molecule has 2 atom stereocenters. The molecule has 3 aromatic heterocycles. The summed E-state index contributed by atoms with van der Waals surface area (Å²) in [6, 6.07) is 18.1. The van der Waals surface area contributed by atoms with Crippen LogP contribution in [0.1, 0.15) is 222 Å². The van der Waals surface area contributed by atoms with Gasteiger partial charge >= 0.3 is 86.0 Å². The number of nitrogens with two attached hydrogens (primary N) is 1. The van der Waals surface area contributed by atoms with Gasteiger partial charge in [-0.15, -0.1) is 12.4 Å². The van der Waals surface area contributed by atoms with Gasteiger partial charge in [0.05, 0.1) is 85.2 Å². The molecule has 15 rings (SSSR count). The zero-order chi connectivity index (χ0) is 103. The van der Waals surface area contributed by atoms with Crippen LogP contribution in [-0.4, -0.2) is 147 Å². The second-order valence-electron chi connectivity index (χ2n) is 31.1. The van der Waals surface area contributed by atoms with Crippen LogP contribution in [0.4, 0.5) is 39.5 Å². The minimum atomic E-state index is -1.11. The van der Waals surface area contributed by atoms with Gasteiger partial charge in [-0.1, -0.05) is 269 Å². The zero-order valence-electron chi connectivity index (χ0n) is 79.0. The monoisotopic (exact) mass is 3370 g/mol. The molecule has 0 saturated carbocycles. The molecule has 20 nitrogen and oxygen atoms in total. The van der Waals surface area contributed by atoms with E-state index in [1.165, 1.54) is 84.5 Å². The Morgan fingerprint density at radius 1 is 0.569 bits per heavy atom. The number of carbonyl (C=O) groups excluding carboxylic acids is 2. The van der Waals surface area contributed by atoms with E-state index in [2.05, 4.69) is 346 Å². The van der Waals surface area contributed by atoms with Crippen LogP contribution >= 0.6 is 294 Å². The fraction of sp³-hybridized carbons (Fsp3) is 0.494. The number of nitrogens with one attached hydrogen (secondary N) is 1. The first-order valence-electron chi connectivity index (χ1n) is 41.3. The van der Waals surface area contributed by atoms with Crippen LogP contribution in [0.2, 0.25) is 0 Å². The van der Waals surface area contributed by atoms with E-state index in [0.29, 0.717) is 37.0 Å². The van der Waals surface area contributed by atoms with E-state index in [9.17, 15) is 49.1 Å². The van der Waals surface area contributed by atoms with E-state index < -0.39 is 67.2 Å². The van der Waals surface area contributed by atoms with Gasteiger partial charge in [-0.3, -0.25) is 19.7 Å². The van der Waals surface area contributed by atoms with Gasteiger partial charge in [0.25, 0.3) is 0 Å². The van der Waals surface area contributed by atoms with Gasteiger partial charge < -0.3 is 54.4 Å². The van der Waals surface area contributed by atoms with Crippen LogP contribution in [0, 0.1) is 59.8 Å². The van der Waals surface area contributed by atoms with Crippen LogP contribution in [0.25, 0.3) is 32.7 Å². The predicted molar refractivity (Wildman–Crippen MR) is 642 cm³/mol. The summed E-state index contributed by atoms with van der Waals surface area (Å²) in [7, 11) is 1.36. The standard InChI is InChI=1S/C18H24BFN2O3.C12H24B2O4.C12H12BrFN2O.C8H6BrF2N.C7H3BrF2O.C7H4BrFN2.C7H4F2O.C5H8O.C2H3I3.C2H4I2.2C2H5I.C2H6.CH5NO.CH4.CH3.ClH.3HI.V/c1-17(2)18(3,4)25-19(24-17)13-9-12-11-21-22(16(12)14(20)10-13)15-7-5-6-8-23-15;1-9(2)10(3,4)16-13(15-9)14-17-11(5,6)12(7,8)18-14;13-9-5-8-7-15-16(12(8)10(14)6-9)11-3-1-2-4-17-11;1-12-4-5-2-6(9)3-7(10)8(5)11;8-5-1-4(3-11)7(10)6(9)2-5;8-5-1-4-3-10-11-7(4)6(9)2-5;8-6-3-1-2-5(4-10)7(6)9;1-2-4-6-5-3-1;1-2(3,4)5;1-2(3)4;2*1-2-3;1-2;1-3-2;;;;;;;/h9-11,15H,5-8H2,1-4H3;1-8H3;5-7,11H,1-4H2;2-4H,1H3;1-3H;1-3H,(H,10,11);1-4H;2,4H,1,3,5H2;1H3;2H,1H3;2*2H2,1H3;1-2H3;2H2,1H3;1H4;1H3;4*1H;/q;;;;;;;;;;;;;;;-1;;;;;+3/p-3. The number of carbonyl (C=O) groups is 2. The summed E-state index contributed by atoms with van der Waals surface area (Å²) in [5.74, 6) is -2.49. The Morgan fingerprint density at radius 3 is 1.27 bits per heavy atom. The number of halogens is 24. The van der Waals surface area contributed by atoms with Gasteiger partial charge in [0, 0.05) is 66.1 Å². The van der Waals surface area contributed by atoms with Crippen molar-refractivity contribution in [3.63, 3.8) is 0 Å². The molecule has 772 valence electrons. The molecular formula is C89H121B3Br4ClF9I10N8O12V-. The molecule has 48 heteroatoms. The molecule has 6 aliphatic heterocycles. The maximum absolute atomic E-state index is 14.9. The maximum atomic E-state index is 14.9. The first kappa shape index (κ1) is 143. The number of alkyl halides is 7. The summed E-state index contributed by atoms with van der Waals surface area (Å²) in [6.07, 6.45) is 18.7. The normalized spacial score (nSPS) is 17.1. The summed E-state index contributed by atoms with van der Waals surface area (Å²) in [5, 5.41) is 17.2. The van der Waals surface area contributed by atoms with Crippen LogP contribution in [0.3, 0.4) is 0 Å². The average molecular weight is 3370 g/mol. The SMILES string of the molecule is C.C1=COCCC1.CC.CC(I)(I)I.CC(I)I.CC1(C)OB(B2OC(C)(C)C(C)(C)O2)OC1(C)C.CC1(C)OB(c2cc(F)c3c(cnn3C3CCCCO3)c2)OC1(C)C.CCI.CCI.CN=Cc1cc(Br)cc(F)c1F.CON.Cl.Fc1cc(Br)cc2cn[nH]c12.Fc1cc(Br)cc2cnn(C3CCCCO3)c12.O=Cc1cc(Br)cc(F)c1F.O=Cc1cccc(F)c1F.[CH3-].[I][V]([I])[I]. The topological polar surface area (TPSA) is 229 Å². The van der Waals surface area contributed by atoms with Crippen molar-refractivity contribution in [2.75, 3.05) is 42.8 Å². The van der Waals surface area contributed by atoms with Crippen LogP contribution in [0.15, 0.2) is 133 Å². The molecule has 0 spiro atoms. The van der Waals surface area contributed by atoms with Gasteiger partial charge in [-0.05, 0) is 235 Å². The number of aromatic nitrogens is 6. The molecule has 0 aliphatic carbocycles. The molecule has 2 unspecified atom stereocenters. The number of ether oxygens (including phenoxy) is 3. The summed E-state index contributed by atoms with van der Waals surface area (Å²) in [6.45, 7) is 39.0. The molecular weight excluding hydrogens is 3250 g/mol. The molecule has 5 saturated heterocycles. The summed E-state index contributed by atoms with van der Waals surface area (Å²) < 4.78 is 179. The van der Waals surface area contributed by atoms with Gasteiger partial charge in [0.15, 0.2) is 59.9 Å². The zero-order valence-corrected chi connectivity index (χ0v) is 109. The Balaban J connectivity index is -0.00000147. The van der Waals surface area contributed by atoms with Crippen molar-refractivity contribution in [1.82, 2.24) is 29.8 Å². The number of fused-ring (bicyclic) bond motifs is 3. The van der Waals surface area contributed by atoms with E-state index in [0.717, 1.165) is 97.0 Å². The fourth-order valence-corrected chi connectivity index (χ4v) is 13.0. The molecule has 0 amide bonds. The number of aliphatic imine (C=N–C) groups is 1. The third-order valence-electron chi connectivity index (χ3n) is 19.3. The van der Waals surface area contributed by atoms with Crippen molar-refractivity contribution in [2.45, 2.75) is 231 Å². The van der Waals surface area contributed by atoms with E-state index in [1.54, 1.807) is 34.2 Å². The van der Waals surface area contributed by atoms with Gasteiger partial charge in [-0.2, -0.15) is 15.3 Å². The van der Waals surface area contributed by atoms with Crippen LogP contribution in [0.5, 0.6) is 0 Å². The number of rotatable bonds is 7. The Hall–Kier alpha value is 1.54. The second-order valence-corrected chi connectivity index (χ2v) is 92.0. The number of H-pyrrole nitrogens is 1. The van der Waals surface area contributed by atoms with Gasteiger partial charge in [0.1, 0.15) is 33.4 Å². The Labute approximate surface area is 977 Å². The number of hydrogen-bond donors (Lipinski definition) is 2. The third kappa shape index (κ3) is 51.5. The number of benzene rings is 6. The van der Waals surface area contributed by atoms with Crippen molar-refractivity contribution in [1.29, 1.82) is 0 Å². The van der Waals surface area contributed by atoms with Crippen molar-refractivity contribution < 1.29 is 101 Å². The summed E-state index contributed by atoms with van der Waals surface area (Å²) in [5.41, 5.74) is -0.605. The van der Waals surface area contributed by atoms with Crippen LogP contribution in [-0.2, 0) is 51.9 Å². The van der Waals surface area contributed by atoms with Crippen molar-refractivity contribution in [3.05, 3.63) is 204 Å².